The Morgan fingerprint density at radius 1 is 1.00 bits per heavy atom. The summed E-state index contributed by atoms with van der Waals surface area (Å²) in [5.41, 5.74) is 1.68. The number of ether oxygens (including phenoxy) is 3. The first kappa shape index (κ1) is 23.1. The highest BCUT2D eigenvalue weighted by Gasteiger charge is 2.50. The van der Waals surface area contributed by atoms with Crippen LogP contribution < -0.4 is 0 Å². The highest BCUT2D eigenvalue weighted by molar-refractivity contribution is 5.74. The molecule has 168 valence electrons. The molecule has 1 saturated heterocycles. The molecule has 1 amide bonds. The first-order valence-electron chi connectivity index (χ1n) is 10.5. The van der Waals surface area contributed by atoms with Crippen molar-refractivity contribution >= 4 is 18.0 Å². The molecule has 3 rings (SSSR count). The number of nitrogens with zero attached hydrogens (tertiary/aromatic N) is 1. The fourth-order valence-electron chi connectivity index (χ4n) is 3.37. The molecule has 1 aliphatic rings. The molecule has 0 radical (unpaired) electrons. The number of hydrogen-bond acceptors (Lipinski definition) is 6. The first-order valence-corrected chi connectivity index (χ1v) is 10.5. The Kier molecular flexibility index (Phi) is 8.02. The quantitative estimate of drug-likeness (QED) is 0.258. The summed E-state index contributed by atoms with van der Waals surface area (Å²) in [6.45, 7) is 3.55. The fraction of sp³-hybridized carbons (Fsp3) is 0.320. The maximum absolute atomic E-state index is 12.6. The van der Waals surface area contributed by atoms with Gasteiger partial charge in [0.15, 0.2) is 12.2 Å². The van der Waals surface area contributed by atoms with Gasteiger partial charge in [0.25, 0.3) is 0 Å². The minimum Gasteiger partial charge on any atom is -0.455 e. The molecule has 1 heterocycles. The zero-order valence-corrected chi connectivity index (χ0v) is 18.2. The molecule has 0 saturated carbocycles. The van der Waals surface area contributed by atoms with Gasteiger partial charge in [0.2, 0.25) is 0 Å². The molecule has 7 heteroatoms. The van der Waals surface area contributed by atoms with Crippen molar-refractivity contribution in [2.24, 2.45) is 0 Å². The van der Waals surface area contributed by atoms with Gasteiger partial charge < -0.3 is 14.2 Å². The standard InChI is InChI=1S/C25H27NO6/c1-3-10-22(31-18(2)27)24(32-23(28)15-19-11-6-4-7-12-19)21-16-26(21)25(29)30-17-20-13-8-5-9-14-20/h3-14,21-22,24H,15-17H2,1-2H3/b10-3+/t21-,22+,24+,26?/m0/s1. The maximum Gasteiger partial charge on any atom is 0.410 e. The Hall–Kier alpha value is -3.61. The smallest absolute Gasteiger partial charge is 0.410 e. The Morgan fingerprint density at radius 2 is 1.62 bits per heavy atom. The Morgan fingerprint density at radius 3 is 2.22 bits per heavy atom. The zero-order valence-electron chi connectivity index (χ0n) is 18.2. The summed E-state index contributed by atoms with van der Waals surface area (Å²) in [6, 6.07) is 18.1. The Bertz CT molecular complexity index is 943. The molecular formula is C25H27NO6. The Balaban J connectivity index is 1.67. The molecule has 0 N–H and O–H groups in total. The van der Waals surface area contributed by atoms with E-state index in [1.165, 1.54) is 11.8 Å². The lowest BCUT2D eigenvalue weighted by Gasteiger charge is -2.24. The average Bonchev–Trinajstić information content (AvgIpc) is 3.57. The number of carbonyl (C=O) groups is 3. The van der Waals surface area contributed by atoms with Gasteiger partial charge in [0.05, 0.1) is 12.5 Å². The van der Waals surface area contributed by atoms with Gasteiger partial charge in [-0.15, -0.1) is 0 Å². The van der Waals surface area contributed by atoms with Crippen LogP contribution in [0.4, 0.5) is 4.79 Å². The normalized spacial score (nSPS) is 16.8. The molecular weight excluding hydrogens is 410 g/mol. The van der Waals surface area contributed by atoms with E-state index in [1.807, 2.05) is 60.7 Å². The van der Waals surface area contributed by atoms with Crippen LogP contribution >= 0.6 is 0 Å². The zero-order chi connectivity index (χ0) is 22.9. The van der Waals surface area contributed by atoms with Crippen molar-refractivity contribution in [2.75, 3.05) is 6.54 Å². The van der Waals surface area contributed by atoms with Crippen LogP contribution in [0.25, 0.3) is 0 Å². The molecule has 0 unspecified atom stereocenters. The summed E-state index contributed by atoms with van der Waals surface area (Å²) in [7, 11) is 0. The van der Waals surface area contributed by atoms with Crippen LogP contribution in [0, 0.1) is 0 Å². The Labute approximate surface area is 187 Å². The van der Waals surface area contributed by atoms with Gasteiger partial charge in [0, 0.05) is 13.5 Å². The van der Waals surface area contributed by atoms with Crippen molar-refractivity contribution in [2.45, 2.75) is 45.1 Å². The van der Waals surface area contributed by atoms with Gasteiger partial charge in [-0.25, -0.2) is 4.79 Å². The van der Waals surface area contributed by atoms with Gasteiger partial charge in [-0.05, 0) is 24.1 Å². The summed E-state index contributed by atoms with van der Waals surface area (Å²) in [6.07, 6.45) is 1.28. The van der Waals surface area contributed by atoms with Crippen LogP contribution in [0.1, 0.15) is 25.0 Å². The molecule has 0 aliphatic carbocycles. The summed E-state index contributed by atoms with van der Waals surface area (Å²) in [4.78, 5) is 38.2. The summed E-state index contributed by atoms with van der Waals surface area (Å²) in [5, 5.41) is 0. The van der Waals surface area contributed by atoms with Crippen molar-refractivity contribution in [1.29, 1.82) is 0 Å². The molecule has 3 atom stereocenters. The second-order valence-corrected chi connectivity index (χ2v) is 7.48. The van der Waals surface area contributed by atoms with Crippen LogP contribution in [0.5, 0.6) is 0 Å². The lowest BCUT2D eigenvalue weighted by atomic mass is 10.1. The van der Waals surface area contributed by atoms with Gasteiger partial charge in [-0.1, -0.05) is 66.7 Å². The molecule has 1 fully saturated rings. The van der Waals surface area contributed by atoms with Gasteiger partial charge in [-0.2, -0.15) is 0 Å². The van der Waals surface area contributed by atoms with E-state index in [4.69, 9.17) is 14.2 Å². The predicted octanol–water partition coefficient (Wildman–Crippen LogP) is 3.67. The number of rotatable bonds is 9. The third kappa shape index (κ3) is 6.70. The number of allylic oxidation sites excluding steroid dienone is 1. The van der Waals surface area contributed by atoms with E-state index in [1.54, 1.807) is 19.1 Å². The van der Waals surface area contributed by atoms with E-state index >= 15 is 0 Å². The van der Waals surface area contributed by atoms with E-state index in [-0.39, 0.29) is 13.0 Å². The molecule has 7 nitrogen and oxygen atoms in total. The average molecular weight is 437 g/mol. The molecule has 2 aromatic carbocycles. The SMILES string of the molecule is C/C=C/[C@@H](OC(C)=O)[C@H](OC(=O)Cc1ccccc1)[C@@H]1CN1C(=O)OCc1ccccc1. The summed E-state index contributed by atoms with van der Waals surface area (Å²) in [5.74, 6) is -0.969. The number of benzene rings is 2. The van der Waals surface area contributed by atoms with Crippen LogP contribution in [0.15, 0.2) is 72.8 Å². The molecule has 1 aliphatic heterocycles. The van der Waals surface area contributed by atoms with E-state index in [0.29, 0.717) is 6.54 Å². The minimum atomic E-state index is -0.837. The predicted molar refractivity (Wildman–Crippen MR) is 118 cm³/mol. The topological polar surface area (TPSA) is 81.9 Å². The lowest BCUT2D eigenvalue weighted by Crippen LogP contribution is -2.40. The minimum absolute atomic E-state index is 0.0745. The fourth-order valence-corrected chi connectivity index (χ4v) is 3.37. The second-order valence-electron chi connectivity index (χ2n) is 7.48. The van der Waals surface area contributed by atoms with Crippen LogP contribution in [-0.2, 0) is 36.8 Å². The number of hydrogen-bond donors (Lipinski definition) is 0. The monoisotopic (exact) mass is 437 g/mol. The number of esters is 2. The second kappa shape index (κ2) is 11.1. The van der Waals surface area contributed by atoms with Gasteiger partial charge in [0.1, 0.15) is 6.61 Å². The van der Waals surface area contributed by atoms with E-state index in [0.717, 1.165) is 11.1 Å². The third-order valence-corrected chi connectivity index (χ3v) is 4.94. The van der Waals surface area contributed by atoms with Crippen molar-refractivity contribution in [3.05, 3.63) is 83.9 Å². The molecule has 0 aromatic heterocycles. The third-order valence-electron chi connectivity index (χ3n) is 4.94. The van der Waals surface area contributed by atoms with E-state index in [2.05, 4.69) is 0 Å². The molecule has 32 heavy (non-hydrogen) atoms. The van der Waals surface area contributed by atoms with Crippen LogP contribution in [0.3, 0.4) is 0 Å². The van der Waals surface area contributed by atoms with E-state index < -0.39 is 36.3 Å². The van der Waals surface area contributed by atoms with Crippen molar-refractivity contribution in [3.63, 3.8) is 0 Å². The number of amides is 1. The number of carbonyl (C=O) groups excluding carboxylic acids is 3. The van der Waals surface area contributed by atoms with Gasteiger partial charge >= 0.3 is 18.0 Å². The highest BCUT2D eigenvalue weighted by Crippen LogP contribution is 2.29. The van der Waals surface area contributed by atoms with Crippen LogP contribution in [0.2, 0.25) is 0 Å². The van der Waals surface area contributed by atoms with Gasteiger partial charge in [-0.3, -0.25) is 14.5 Å². The maximum atomic E-state index is 12.6. The largest absolute Gasteiger partial charge is 0.455 e. The molecule has 2 aromatic rings. The highest BCUT2D eigenvalue weighted by atomic mass is 16.6. The lowest BCUT2D eigenvalue weighted by molar-refractivity contribution is -0.163. The first-order chi connectivity index (χ1) is 15.5. The van der Waals surface area contributed by atoms with Crippen molar-refractivity contribution in [3.8, 4) is 0 Å². The summed E-state index contributed by atoms with van der Waals surface area (Å²) < 4.78 is 16.5. The van der Waals surface area contributed by atoms with Crippen molar-refractivity contribution < 1.29 is 28.6 Å². The molecule has 0 spiro atoms. The summed E-state index contributed by atoms with van der Waals surface area (Å²) >= 11 is 0. The van der Waals surface area contributed by atoms with Crippen LogP contribution in [-0.4, -0.2) is 47.7 Å². The van der Waals surface area contributed by atoms with E-state index in [9.17, 15) is 14.4 Å². The van der Waals surface area contributed by atoms with Crippen molar-refractivity contribution in [1.82, 2.24) is 4.90 Å². The molecule has 0 bridgehead atoms.